The Labute approximate surface area is 111 Å². The van der Waals surface area contributed by atoms with E-state index in [0.29, 0.717) is 0 Å². The van der Waals surface area contributed by atoms with Crippen molar-refractivity contribution in [3.63, 3.8) is 0 Å². The average molecular weight is 262 g/mol. The van der Waals surface area contributed by atoms with Gasteiger partial charge in [-0.2, -0.15) is 0 Å². The van der Waals surface area contributed by atoms with Gasteiger partial charge in [0.05, 0.1) is 7.11 Å². The van der Waals surface area contributed by atoms with Crippen LogP contribution in [0, 0.1) is 5.39 Å². The molecule has 0 bridgehead atoms. The number of hydrogen-bond acceptors (Lipinski definition) is 4. The fraction of sp³-hybridized carbons (Fsp3) is 0.308. The lowest BCUT2D eigenvalue weighted by atomic mass is 10.2. The zero-order valence-corrected chi connectivity index (χ0v) is 10.9. The van der Waals surface area contributed by atoms with Crippen molar-refractivity contribution in [1.82, 2.24) is 0 Å². The van der Waals surface area contributed by atoms with Crippen LogP contribution in [0.15, 0.2) is 36.2 Å². The summed E-state index contributed by atoms with van der Waals surface area (Å²) in [6.07, 6.45) is 1.16. The molecule has 6 heteroatoms. The molecule has 0 aliphatic heterocycles. The van der Waals surface area contributed by atoms with Crippen LogP contribution in [0.25, 0.3) is 4.98 Å². The van der Waals surface area contributed by atoms with Gasteiger partial charge in [-0.25, -0.2) is 0 Å². The maximum atomic E-state index is 11.9. The number of carbonyl (C=O) groups is 1. The van der Waals surface area contributed by atoms with Gasteiger partial charge in [-0.15, -0.1) is 0 Å². The number of hydrogen-bond donors (Lipinski definition) is 1. The van der Waals surface area contributed by atoms with Crippen LogP contribution in [0.3, 0.4) is 0 Å². The fourth-order valence-electron chi connectivity index (χ4n) is 1.48. The van der Waals surface area contributed by atoms with E-state index in [2.05, 4.69) is 4.98 Å². The Morgan fingerprint density at radius 1 is 1.42 bits per heavy atom. The van der Waals surface area contributed by atoms with E-state index < -0.39 is 0 Å². The van der Waals surface area contributed by atoms with Crippen molar-refractivity contribution in [1.29, 1.82) is 5.39 Å². The highest BCUT2D eigenvalue weighted by atomic mass is 16.5. The van der Waals surface area contributed by atoms with Crippen molar-refractivity contribution >= 4 is 11.6 Å². The molecule has 19 heavy (non-hydrogen) atoms. The van der Waals surface area contributed by atoms with Gasteiger partial charge in [-0.1, -0.05) is 0 Å². The summed E-state index contributed by atoms with van der Waals surface area (Å²) in [7, 11) is 3.23. The van der Waals surface area contributed by atoms with Gasteiger partial charge in [0.2, 0.25) is 11.3 Å². The summed E-state index contributed by atoms with van der Waals surface area (Å²) in [5, 5.41) is 17.5. The Bertz CT molecular complexity index is 503. The molecular weight excluding hydrogens is 246 g/mol. The molecule has 0 aliphatic carbocycles. The molecule has 1 amide bonds. The lowest BCUT2D eigenvalue weighted by Gasteiger charge is -2.17. The largest absolute Gasteiger partial charge is 0.505 e. The molecule has 0 aromatic heterocycles. The number of amides is 1. The third-order valence-electron chi connectivity index (χ3n) is 2.64. The summed E-state index contributed by atoms with van der Waals surface area (Å²) >= 11 is 0. The fourth-order valence-corrected chi connectivity index (χ4v) is 1.48. The number of methoxy groups -OCH3 is 1. The smallest absolute Gasteiger partial charge is 0.387 e. The monoisotopic (exact) mass is 262 g/mol. The molecule has 6 nitrogen and oxygen atoms in total. The van der Waals surface area contributed by atoms with E-state index in [1.807, 2.05) is 0 Å². The van der Waals surface area contributed by atoms with E-state index in [-0.39, 0.29) is 24.5 Å². The summed E-state index contributed by atoms with van der Waals surface area (Å²) in [4.78, 5) is 16.0. The number of nitrogens with zero attached hydrogens (tertiary/aromatic N) is 3. The van der Waals surface area contributed by atoms with Crippen molar-refractivity contribution in [3.8, 4) is 5.75 Å². The maximum Gasteiger partial charge on any atom is 0.387 e. The van der Waals surface area contributed by atoms with Crippen LogP contribution in [0.1, 0.15) is 12.8 Å². The normalized spacial score (nSPS) is 10.7. The SMILES string of the molecule is COc1ccc(N(C)C(=O)CC/C(O)=C\[N+]#N)cc1. The molecule has 0 saturated heterocycles. The van der Waals surface area contributed by atoms with Crippen molar-refractivity contribution in [2.75, 3.05) is 19.1 Å². The maximum absolute atomic E-state index is 11.9. The van der Waals surface area contributed by atoms with Crippen LogP contribution in [0.5, 0.6) is 5.75 Å². The molecule has 1 rings (SSSR count). The number of benzene rings is 1. The van der Waals surface area contributed by atoms with Crippen LogP contribution < -0.4 is 9.64 Å². The molecule has 0 heterocycles. The molecule has 0 unspecified atom stereocenters. The first-order valence-corrected chi connectivity index (χ1v) is 5.71. The lowest BCUT2D eigenvalue weighted by Crippen LogP contribution is -2.25. The standard InChI is InChI=1S/C13H15N3O3/c1-16(10-3-6-12(19-2)7-4-10)13(18)8-5-11(17)9-15-14/h3-4,6-7,9H,5,8H2,1-2H3/p+1/b11-9+. The number of allylic oxidation sites excluding steroid dienone is 1. The van der Waals surface area contributed by atoms with Crippen LogP contribution >= 0.6 is 0 Å². The highest BCUT2D eigenvalue weighted by Gasteiger charge is 2.12. The molecule has 0 fully saturated rings. The minimum Gasteiger partial charge on any atom is -0.505 e. The van der Waals surface area contributed by atoms with Gasteiger partial charge in [0.15, 0.2) is 10.7 Å². The highest BCUT2D eigenvalue weighted by molar-refractivity contribution is 5.92. The molecular formula is C13H16N3O3+. The summed E-state index contributed by atoms with van der Waals surface area (Å²) in [6, 6.07) is 7.08. The number of ether oxygens (including phenoxy) is 1. The minimum absolute atomic E-state index is 0.125. The van der Waals surface area contributed by atoms with Crippen LogP contribution in [0.2, 0.25) is 0 Å². The van der Waals surface area contributed by atoms with Crippen molar-refractivity contribution in [2.45, 2.75) is 12.8 Å². The van der Waals surface area contributed by atoms with Crippen LogP contribution in [-0.2, 0) is 4.79 Å². The van der Waals surface area contributed by atoms with E-state index in [1.165, 1.54) is 4.90 Å². The Morgan fingerprint density at radius 2 is 2.05 bits per heavy atom. The Hall–Kier alpha value is -2.55. The van der Waals surface area contributed by atoms with Gasteiger partial charge in [0.25, 0.3) is 0 Å². The van der Waals surface area contributed by atoms with Crippen molar-refractivity contribution < 1.29 is 14.6 Å². The second-order valence-electron chi connectivity index (χ2n) is 3.89. The molecule has 0 atom stereocenters. The third kappa shape index (κ3) is 4.32. The first-order chi connectivity index (χ1) is 9.08. The first kappa shape index (κ1) is 14.5. The molecule has 1 N–H and O–H groups in total. The number of rotatable bonds is 5. The molecule has 1 aromatic carbocycles. The zero-order valence-electron chi connectivity index (χ0n) is 10.9. The number of anilines is 1. The zero-order chi connectivity index (χ0) is 14.3. The Morgan fingerprint density at radius 3 is 2.58 bits per heavy atom. The highest BCUT2D eigenvalue weighted by Crippen LogP contribution is 2.19. The molecule has 100 valence electrons. The molecule has 0 aliphatic rings. The average Bonchev–Trinajstić information content (AvgIpc) is 2.44. The minimum atomic E-state index is -0.150. The van der Waals surface area contributed by atoms with Gasteiger partial charge >= 0.3 is 6.20 Å². The third-order valence-corrected chi connectivity index (χ3v) is 2.64. The predicted octanol–water partition coefficient (Wildman–Crippen LogP) is 2.69. The second-order valence-corrected chi connectivity index (χ2v) is 3.89. The molecule has 0 radical (unpaired) electrons. The van der Waals surface area contributed by atoms with Gasteiger partial charge < -0.3 is 14.7 Å². The quantitative estimate of drug-likeness (QED) is 0.653. The van der Waals surface area contributed by atoms with E-state index >= 15 is 0 Å². The van der Waals surface area contributed by atoms with E-state index in [1.54, 1.807) is 38.4 Å². The Kier molecular flexibility index (Phi) is 5.35. The first-order valence-electron chi connectivity index (χ1n) is 5.71. The molecule has 1 aromatic rings. The number of aliphatic hydroxyl groups is 1. The summed E-state index contributed by atoms with van der Waals surface area (Å²) in [5.41, 5.74) is 0.737. The van der Waals surface area contributed by atoms with Crippen molar-refractivity contribution in [2.24, 2.45) is 0 Å². The summed E-state index contributed by atoms with van der Waals surface area (Å²) in [5.74, 6) is 0.428. The molecule has 0 saturated carbocycles. The lowest BCUT2D eigenvalue weighted by molar-refractivity contribution is -0.118. The van der Waals surface area contributed by atoms with Crippen LogP contribution in [-0.4, -0.2) is 25.2 Å². The number of carbonyl (C=O) groups excluding carboxylic acids is 1. The van der Waals surface area contributed by atoms with Crippen LogP contribution in [0.4, 0.5) is 5.69 Å². The van der Waals surface area contributed by atoms with E-state index in [9.17, 15) is 9.90 Å². The summed E-state index contributed by atoms with van der Waals surface area (Å²) in [6.45, 7) is 0. The summed E-state index contributed by atoms with van der Waals surface area (Å²) < 4.78 is 5.04. The van der Waals surface area contributed by atoms with Gasteiger partial charge in [-0.05, 0) is 24.3 Å². The predicted molar refractivity (Wildman–Crippen MR) is 71.4 cm³/mol. The number of diazo groups is 1. The number of aliphatic hydroxyl groups excluding tert-OH is 1. The van der Waals surface area contributed by atoms with E-state index in [4.69, 9.17) is 10.1 Å². The second kappa shape index (κ2) is 7.01. The topological polar surface area (TPSA) is 77.9 Å². The Balaban J connectivity index is 2.61. The van der Waals surface area contributed by atoms with Gasteiger partial charge in [0, 0.05) is 25.6 Å². The van der Waals surface area contributed by atoms with Gasteiger partial charge in [-0.3, -0.25) is 4.79 Å². The van der Waals surface area contributed by atoms with Crippen molar-refractivity contribution in [3.05, 3.63) is 41.2 Å². The molecule has 0 spiro atoms. The van der Waals surface area contributed by atoms with E-state index in [0.717, 1.165) is 17.6 Å². The van der Waals surface area contributed by atoms with Gasteiger partial charge in [0.1, 0.15) is 5.75 Å².